The molecule has 0 saturated carbocycles. The van der Waals surface area contributed by atoms with Gasteiger partial charge in [-0.1, -0.05) is 30.3 Å². The van der Waals surface area contributed by atoms with Crippen LogP contribution in [-0.2, 0) is 21.1 Å². The maximum Gasteiger partial charge on any atom is 0.151 e. The number of Topliss-reactive ketones (excluding diaryl/α,β-unsaturated/α-hetero) is 1. The number of benzene rings is 1. The molecule has 0 spiro atoms. The molecule has 0 atom stereocenters. The molecule has 0 heterocycles. The summed E-state index contributed by atoms with van der Waals surface area (Å²) in [5.74, 6) is 0.180. The fourth-order valence-electron chi connectivity index (χ4n) is 1.58. The van der Waals surface area contributed by atoms with Gasteiger partial charge >= 0.3 is 0 Å². The molecule has 18 heavy (non-hydrogen) atoms. The van der Waals surface area contributed by atoms with E-state index in [9.17, 15) is 13.2 Å². The van der Waals surface area contributed by atoms with Gasteiger partial charge in [0.05, 0.1) is 12.3 Å². The minimum absolute atomic E-state index is 0.0854. The Morgan fingerprint density at radius 1 is 1.22 bits per heavy atom. The van der Waals surface area contributed by atoms with Crippen LogP contribution < -0.4 is 0 Å². The lowest BCUT2D eigenvalue weighted by Gasteiger charge is -2.14. The van der Waals surface area contributed by atoms with Crippen molar-refractivity contribution >= 4 is 15.6 Å². The zero-order valence-electron chi connectivity index (χ0n) is 10.8. The number of likely N-dealkylation sites (N-methyl/N-ethyl adjacent to an activating group) is 1. The highest BCUT2D eigenvalue weighted by atomic mass is 32.2. The van der Waals surface area contributed by atoms with E-state index >= 15 is 0 Å². The smallest absolute Gasteiger partial charge is 0.151 e. The fourth-order valence-corrected chi connectivity index (χ4v) is 2.22. The van der Waals surface area contributed by atoms with Crippen LogP contribution in [0.1, 0.15) is 5.56 Å². The summed E-state index contributed by atoms with van der Waals surface area (Å²) in [6.45, 7) is 0.670. The largest absolute Gasteiger partial charge is 0.298 e. The van der Waals surface area contributed by atoms with Crippen LogP contribution in [0.25, 0.3) is 0 Å². The maximum absolute atomic E-state index is 11.8. The van der Waals surface area contributed by atoms with Crippen LogP contribution in [0.15, 0.2) is 30.3 Å². The van der Waals surface area contributed by atoms with Crippen molar-refractivity contribution in [1.82, 2.24) is 4.90 Å². The van der Waals surface area contributed by atoms with Crippen LogP contribution in [-0.4, -0.2) is 51.2 Å². The van der Waals surface area contributed by atoms with Crippen molar-refractivity contribution in [1.29, 1.82) is 0 Å². The van der Waals surface area contributed by atoms with Crippen LogP contribution in [0.3, 0.4) is 0 Å². The first kappa shape index (κ1) is 14.9. The van der Waals surface area contributed by atoms with Crippen molar-refractivity contribution in [2.24, 2.45) is 0 Å². The summed E-state index contributed by atoms with van der Waals surface area (Å²) >= 11 is 0. The fraction of sp³-hybridized carbons (Fsp3) is 0.462. The van der Waals surface area contributed by atoms with E-state index in [-0.39, 0.29) is 18.1 Å². The SMILES string of the molecule is CN(CCS(C)(=O)=O)CC(=O)Cc1ccccc1. The monoisotopic (exact) mass is 269 g/mol. The van der Waals surface area contributed by atoms with E-state index in [0.29, 0.717) is 13.0 Å². The lowest BCUT2D eigenvalue weighted by atomic mass is 10.1. The normalized spacial score (nSPS) is 11.7. The molecule has 1 rings (SSSR count). The first-order chi connectivity index (χ1) is 8.37. The van der Waals surface area contributed by atoms with Gasteiger partial charge < -0.3 is 0 Å². The van der Waals surface area contributed by atoms with Gasteiger partial charge in [-0.15, -0.1) is 0 Å². The molecular formula is C13H19NO3S. The summed E-state index contributed by atoms with van der Waals surface area (Å²) in [5, 5.41) is 0. The molecule has 1 aromatic rings. The molecule has 0 aliphatic carbocycles. The van der Waals surface area contributed by atoms with Gasteiger partial charge in [-0.3, -0.25) is 9.69 Å². The lowest BCUT2D eigenvalue weighted by molar-refractivity contribution is -0.119. The average molecular weight is 269 g/mol. The van der Waals surface area contributed by atoms with E-state index in [1.807, 2.05) is 30.3 Å². The third kappa shape index (κ3) is 6.51. The van der Waals surface area contributed by atoms with Crippen molar-refractivity contribution in [2.45, 2.75) is 6.42 Å². The molecule has 0 N–H and O–H groups in total. The second-order valence-corrected chi connectivity index (χ2v) is 6.83. The van der Waals surface area contributed by atoms with E-state index in [1.54, 1.807) is 11.9 Å². The number of sulfone groups is 1. The molecule has 5 heteroatoms. The molecule has 0 unspecified atom stereocenters. The third-order valence-electron chi connectivity index (χ3n) is 2.53. The van der Waals surface area contributed by atoms with Crippen molar-refractivity contribution in [3.8, 4) is 0 Å². The lowest BCUT2D eigenvalue weighted by Crippen LogP contribution is -2.31. The molecule has 0 amide bonds. The van der Waals surface area contributed by atoms with Crippen molar-refractivity contribution in [3.63, 3.8) is 0 Å². The topological polar surface area (TPSA) is 54.5 Å². The molecular weight excluding hydrogens is 250 g/mol. The number of carbonyl (C=O) groups excluding carboxylic acids is 1. The van der Waals surface area contributed by atoms with Crippen LogP contribution in [0, 0.1) is 0 Å². The van der Waals surface area contributed by atoms with Gasteiger partial charge in [0.2, 0.25) is 0 Å². The van der Waals surface area contributed by atoms with Crippen LogP contribution >= 0.6 is 0 Å². The number of hydrogen-bond acceptors (Lipinski definition) is 4. The first-order valence-electron chi connectivity index (χ1n) is 5.79. The van der Waals surface area contributed by atoms with Gasteiger partial charge in [0.25, 0.3) is 0 Å². The summed E-state index contributed by atoms with van der Waals surface area (Å²) in [4.78, 5) is 13.5. The highest BCUT2D eigenvalue weighted by Crippen LogP contribution is 2.01. The second-order valence-electron chi connectivity index (χ2n) is 4.57. The van der Waals surface area contributed by atoms with Crippen LogP contribution in [0.4, 0.5) is 0 Å². The number of rotatable bonds is 7. The predicted octanol–water partition coefficient (Wildman–Crippen LogP) is 0.775. The molecule has 4 nitrogen and oxygen atoms in total. The molecule has 0 saturated heterocycles. The molecule has 0 bridgehead atoms. The van der Waals surface area contributed by atoms with E-state index in [4.69, 9.17) is 0 Å². The summed E-state index contributed by atoms with van der Waals surface area (Å²) < 4.78 is 22.0. The maximum atomic E-state index is 11.8. The minimum atomic E-state index is -2.97. The average Bonchev–Trinajstić information content (AvgIpc) is 2.26. The second kappa shape index (κ2) is 6.66. The Labute approximate surface area is 109 Å². The summed E-state index contributed by atoms with van der Waals surface area (Å²) in [7, 11) is -1.21. The Bertz CT molecular complexity index is 482. The van der Waals surface area contributed by atoms with Crippen LogP contribution in [0.2, 0.25) is 0 Å². The zero-order valence-corrected chi connectivity index (χ0v) is 11.6. The van der Waals surface area contributed by atoms with Crippen LogP contribution in [0.5, 0.6) is 0 Å². The number of ketones is 1. The quantitative estimate of drug-likeness (QED) is 0.734. The van der Waals surface area contributed by atoms with Gasteiger partial charge in [-0.25, -0.2) is 8.42 Å². The standard InChI is InChI=1S/C13H19NO3S/c1-14(8-9-18(2,16)17)11-13(15)10-12-6-4-3-5-7-12/h3-7H,8-11H2,1-2H3. The van der Waals surface area contributed by atoms with E-state index in [0.717, 1.165) is 5.56 Å². The van der Waals surface area contributed by atoms with Gasteiger partial charge in [0.1, 0.15) is 9.84 Å². The van der Waals surface area contributed by atoms with Gasteiger partial charge in [-0.05, 0) is 12.6 Å². The van der Waals surface area contributed by atoms with E-state index in [1.165, 1.54) is 6.26 Å². The Morgan fingerprint density at radius 2 is 1.83 bits per heavy atom. The number of hydrogen-bond donors (Lipinski definition) is 0. The molecule has 1 aromatic carbocycles. The summed E-state index contributed by atoms with van der Waals surface area (Å²) in [6.07, 6.45) is 1.59. The highest BCUT2D eigenvalue weighted by Gasteiger charge is 2.10. The molecule has 0 aromatic heterocycles. The summed E-state index contributed by atoms with van der Waals surface area (Å²) in [5.41, 5.74) is 0.985. The minimum Gasteiger partial charge on any atom is -0.298 e. The van der Waals surface area contributed by atoms with E-state index < -0.39 is 9.84 Å². The van der Waals surface area contributed by atoms with Crippen molar-refractivity contribution in [2.75, 3.05) is 32.1 Å². The van der Waals surface area contributed by atoms with Gasteiger partial charge in [-0.2, -0.15) is 0 Å². The Morgan fingerprint density at radius 3 is 2.39 bits per heavy atom. The molecule has 0 aliphatic rings. The highest BCUT2D eigenvalue weighted by molar-refractivity contribution is 7.90. The third-order valence-corrected chi connectivity index (χ3v) is 3.46. The number of nitrogens with zero attached hydrogens (tertiary/aromatic N) is 1. The van der Waals surface area contributed by atoms with Crippen molar-refractivity contribution < 1.29 is 13.2 Å². The van der Waals surface area contributed by atoms with Gasteiger partial charge in [0.15, 0.2) is 5.78 Å². The predicted molar refractivity (Wildman–Crippen MR) is 72.4 cm³/mol. The Hall–Kier alpha value is -1.20. The first-order valence-corrected chi connectivity index (χ1v) is 7.85. The van der Waals surface area contributed by atoms with Gasteiger partial charge in [0, 0.05) is 19.2 Å². The number of carbonyl (C=O) groups is 1. The summed E-state index contributed by atoms with van der Waals surface area (Å²) in [6, 6.07) is 9.53. The molecule has 100 valence electrons. The Kier molecular flexibility index (Phi) is 5.50. The molecule has 0 radical (unpaired) electrons. The van der Waals surface area contributed by atoms with Crippen molar-refractivity contribution in [3.05, 3.63) is 35.9 Å². The molecule has 0 aliphatic heterocycles. The zero-order chi connectivity index (χ0) is 13.6. The Balaban J connectivity index is 2.36. The molecule has 0 fully saturated rings. The van der Waals surface area contributed by atoms with E-state index in [2.05, 4.69) is 0 Å².